The molecule has 0 radical (unpaired) electrons. The fraction of sp³-hybridized carbons (Fsp3) is 0.364. The Morgan fingerprint density at radius 1 is 1.14 bits per heavy atom. The number of quaternary nitrogens is 1. The van der Waals surface area contributed by atoms with E-state index in [9.17, 15) is 4.79 Å². The molecule has 7 heteroatoms. The van der Waals surface area contributed by atoms with E-state index in [-0.39, 0.29) is 5.91 Å². The molecule has 0 atom stereocenters. The number of hydrogen-bond donors (Lipinski definition) is 1. The van der Waals surface area contributed by atoms with E-state index in [0.29, 0.717) is 36.2 Å². The number of nitrogens with zero attached hydrogens (tertiary/aromatic N) is 2. The molecule has 1 amide bonds. The first-order valence-electron chi connectivity index (χ1n) is 9.89. The summed E-state index contributed by atoms with van der Waals surface area (Å²) in [5.74, 6) is 1.44. The first-order chi connectivity index (χ1) is 14.0. The third-order valence-corrected chi connectivity index (χ3v) is 5.92. The van der Waals surface area contributed by atoms with Gasteiger partial charge in [-0.05, 0) is 19.1 Å². The number of aryl methyl sites for hydroxylation is 1. The van der Waals surface area contributed by atoms with Gasteiger partial charge in [0.05, 0.1) is 30.9 Å². The summed E-state index contributed by atoms with van der Waals surface area (Å²) in [6.45, 7) is 4.73. The second-order valence-electron chi connectivity index (χ2n) is 7.59. The largest absolute Gasteiger partial charge is 0.486 e. The normalized spacial score (nSPS) is 13.1. The first kappa shape index (κ1) is 19.7. The van der Waals surface area contributed by atoms with Crippen LogP contribution in [0, 0.1) is 6.92 Å². The Morgan fingerprint density at radius 2 is 1.83 bits per heavy atom. The number of fused-ring (bicyclic) bond motifs is 2. The number of ether oxygens (including phenoxy) is 2. The highest BCUT2D eigenvalue weighted by atomic mass is 32.1. The van der Waals surface area contributed by atoms with Gasteiger partial charge in [0.2, 0.25) is 0 Å². The zero-order chi connectivity index (χ0) is 20.4. The molecule has 0 fully saturated rings. The van der Waals surface area contributed by atoms with Gasteiger partial charge >= 0.3 is 0 Å². The summed E-state index contributed by atoms with van der Waals surface area (Å²) in [4.78, 5) is 21.2. The van der Waals surface area contributed by atoms with Crippen molar-refractivity contribution in [1.82, 2.24) is 4.98 Å². The van der Waals surface area contributed by atoms with Crippen molar-refractivity contribution in [2.24, 2.45) is 0 Å². The average Bonchev–Trinajstić information content (AvgIpc) is 3.11. The molecule has 2 aromatic carbocycles. The van der Waals surface area contributed by atoms with E-state index in [0.717, 1.165) is 34.5 Å². The van der Waals surface area contributed by atoms with Crippen LogP contribution in [0.2, 0.25) is 0 Å². The van der Waals surface area contributed by atoms with Crippen LogP contribution in [0.5, 0.6) is 11.5 Å². The Morgan fingerprint density at radius 3 is 2.52 bits per heavy atom. The molecule has 1 N–H and O–H groups in total. The molecule has 1 aliphatic heterocycles. The quantitative estimate of drug-likeness (QED) is 0.676. The number of amides is 1. The minimum Gasteiger partial charge on any atom is -0.486 e. The van der Waals surface area contributed by atoms with Gasteiger partial charge in [-0.3, -0.25) is 9.69 Å². The van der Waals surface area contributed by atoms with E-state index in [4.69, 9.17) is 14.5 Å². The lowest BCUT2D eigenvalue weighted by Crippen LogP contribution is -3.05. The maximum atomic E-state index is 13.3. The van der Waals surface area contributed by atoms with Gasteiger partial charge in [0, 0.05) is 30.7 Å². The minimum absolute atomic E-state index is 0.0184. The molecule has 6 nitrogen and oxygen atoms in total. The topological polar surface area (TPSA) is 56.1 Å². The fourth-order valence-electron chi connectivity index (χ4n) is 3.29. The van der Waals surface area contributed by atoms with Crippen LogP contribution in [-0.4, -0.2) is 51.3 Å². The standard InChI is InChI=1S/C22H25N3O3S/c1-15-5-7-16(8-6-15)21(26)25(10-4-9-24(2)3)22-23-17-13-18-19(14-20(17)29-22)28-12-11-27-18/h5-8,13-14H,4,9-12H2,1-3H3/p+1. The Kier molecular flexibility index (Phi) is 5.69. The summed E-state index contributed by atoms with van der Waals surface area (Å²) in [5.41, 5.74) is 2.64. The van der Waals surface area contributed by atoms with Gasteiger partial charge in [0.25, 0.3) is 5.91 Å². The van der Waals surface area contributed by atoms with Crippen molar-refractivity contribution in [2.45, 2.75) is 13.3 Å². The van der Waals surface area contributed by atoms with E-state index in [1.807, 2.05) is 43.3 Å². The lowest BCUT2D eigenvalue weighted by molar-refractivity contribution is -0.858. The van der Waals surface area contributed by atoms with Crippen LogP contribution in [0.3, 0.4) is 0 Å². The van der Waals surface area contributed by atoms with Crippen LogP contribution in [-0.2, 0) is 0 Å². The maximum absolute atomic E-state index is 13.3. The number of hydrogen-bond acceptors (Lipinski definition) is 5. The van der Waals surface area contributed by atoms with Crippen LogP contribution in [0.4, 0.5) is 5.13 Å². The summed E-state index contributed by atoms with van der Waals surface area (Å²) in [6, 6.07) is 11.6. The van der Waals surface area contributed by atoms with Crippen LogP contribution in [0.1, 0.15) is 22.3 Å². The van der Waals surface area contributed by atoms with E-state index < -0.39 is 0 Å². The molecule has 0 saturated heterocycles. The van der Waals surface area contributed by atoms with Gasteiger partial charge in [-0.15, -0.1) is 0 Å². The summed E-state index contributed by atoms with van der Waals surface area (Å²) >= 11 is 1.51. The number of thiazole rings is 1. The Bertz CT molecular complexity index is 971. The van der Waals surface area contributed by atoms with Crippen molar-refractivity contribution in [3.05, 3.63) is 47.5 Å². The molecule has 0 bridgehead atoms. The summed E-state index contributed by atoms with van der Waals surface area (Å²) in [5, 5.41) is 0.710. The second-order valence-corrected chi connectivity index (χ2v) is 8.60. The van der Waals surface area contributed by atoms with Gasteiger partial charge in [-0.25, -0.2) is 4.98 Å². The molecule has 3 aromatic rings. The predicted molar refractivity (Wildman–Crippen MR) is 116 cm³/mol. The zero-order valence-corrected chi connectivity index (χ0v) is 17.8. The van der Waals surface area contributed by atoms with Crippen molar-refractivity contribution in [1.29, 1.82) is 0 Å². The van der Waals surface area contributed by atoms with Crippen LogP contribution in [0.25, 0.3) is 10.2 Å². The molecule has 1 aliphatic rings. The molecule has 29 heavy (non-hydrogen) atoms. The van der Waals surface area contributed by atoms with Crippen LogP contribution >= 0.6 is 11.3 Å². The van der Waals surface area contributed by atoms with E-state index in [1.54, 1.807) is 4.90 Å². The van der Waals surface area contributed by atoms with Crippen molar-refractivity contribution < 1.29 is 19.2 Å². The number of carbonyl (C=O) groups excluding carboxylic acids is 1. The molecule has 0 aliphatic carbocycles. The monoisotopic (exact) mass is 412 g/mol. The molecule has 152 valence electrons. The highest BCUT2D eigenvalue weighted by Gasteiger charge is 2.23. The summed E-state index contributed by atoms with van der Waals surface area (Å²) in [6.07, 6.45) is 0.901. The Balaban J connectivity index is 1.67. The number of rotatable bonds is 6. The number of aromatic nitrogens is 1. The molecule has 4 rings (SSSR count). The number of nitrogens with one attached hydrogen (secondary N) is 1. The van der Waals surface area contributed by atoms with Gasteiger partial charge < -0.3 is 14.4 Å². The van der Waals surface area contributed by atoms with Gasteiger partial charge in [0.1, 0.15) is 13.2 Å². The van der Waals surface area contributed by atoms with Crippen molar-refractivity contribution in [3.8, 4) is 11.5 Å². The summed E-state index contributed by atoms with van der Waals surface area (Å²) < 4.78 is 12.4. The highest BCUT2D eigenvalue weighted by molar-refractivity contribution is 7.22. The Labute approximate surface area is 174 Å². The average molecular weight is 413 g/mol. The third kappa shape index (κ3) is 4.36. The van der Waals surface area contributed by atoms with E-state index in [2.05, 4.69) is 14.1 Å². The molecule has 0 spiro atoms. The fourth-order valence-corrected chi connectivity index (χ4v) is 4.30. The van der Waals surface area contributed by atoms with Crippen LogP contribution < -0.4 is 19.3 Å². The van der Waals surface area contributed by atoms with Gasteiger partial charge in [0.15, 0.2) is 16.6 Å². The number of benzene rings is 2. The molecule has 1 aromatic heterocycles. The third-order valence-electron chi connectivity index (χ3n) is 4.87. The van der Waals surface area contributed by atoms with Crippen LogP contribution in [0.15, 0.2) is 36.4 Å². The maximum Gasteiger partial charge on any atom is 0.260 e. The minimum atomic E-state index is -0.0184. The molecule has 2 heterocycles. The Hall–Kier alpha value is -2.64. The number of anilines is 1. The van der Waals surface area contributed by atoms with Gasteiger partial charge in [-0.1, -0.05) is 29.0 Å². The van der Waals surface area contributed by atoms with Crippen molar-refractivity contribution in [2.75, 3.05) is 45.3 Å². The van der Waals surface area contributed by atoms with Gasteiger partial charge in [-0.2, -0.15) is 0 Å². The lowest BCUT2D eigenvalue weighted by atomic mass is 10.1. The van der Waals surface area contributed by atoms with E-state index >= 15 is 0 Å². The smallest absolute Gasteiger partial charge is 0.260 e. The second kappa shape index (κ2) is 8.39. The lowest BCUT2D eigenvalue weighted by Gasteiger charge is -2.20. The predicted octanol–water partition coefficient (Wildman–Crippen LogP) is 2.56. The molecule has 0 unspecified atom stereocenters. The zero-order valence-electron chi connectivity index (χ0n) is 17.0. The number of carbonyl (C=O) groups is 1. The molecular formula is C22H26N3O3S+. The highest BCUT2D eigenvalue weighted by Crippen LogP contribution is 2.39. The van der Waals surface area contributed by atoms with E-state index in [1.165, 1.54) is 16.2 Å². The SMILES string of the molecule is Cc1ccc(C(=O)N(CCC[NH+](C)C)c2nc3cc4c(cc3s2)OCCO4)cc1. The molecule has 0 saturated carbocycles. The van der Waals surface area contributed by atoms with Crippen molar-refractivity contribution >= 4 is 32.6 Å². The molecular weight excluding hydrogens is 386 g/mol. The summed E-state index contributed by atoms with van der Waals surface area (Å²) in [7, 11) is 4.24. The first-order valence-corrected chi connectivity index (χ1v) is 10.7. The van der Waals surface area contributed by atoms with Crippen molar-refractivity contribution in [3.63, 3.8) is 0 Å².